The molecular weight excluding hydrogens is 308 g/mol. The second-order valence-electron chi connectivity index (χ2n) is 4.27. The van der Waals surface area contributed by atoms with E-state index in [1.807, 2.05) is 12.1 Å². The van der Waals surface area contributed by atoms with Crippen molar-refractivity contribution in [3.8, 4) is 0 Å². The van der Waals surface area contributed by atoms with Crippen LogP contribution in [0.3, 0.4) is 0 Å². The maximum atomic E-state index is 12.1. The monoisotopic (exact) mass is 318 g/mol. The molecule has 5 nitrogen and oxygen atoms in total. The van der Waals surface area contributed by atoms with E-state index in [1.165, 1.54) is 11.3 Å². The molecule has 0 saturated heterocycles. The Hall–Kier alpha value is -2.18. The number of carbonyl (C=O) groups is 1. The first-order valence-corrected chi connectivity index (χ1v) is 7.36. The summed E-state index contributed by atoms with van der Waals surface area (Å²) >= 11 is 7.31. The fourth-order valence-corrected chi connectivity index (χ4v) is 2.93. The third-order valence-electron chi connectivity index (χ3n) is 2.86. The zero-order valence-electron chi connectivity index (χ0n) is 11.1. The first-order valence-electron chi connectivity index (χ1n) is 6.17. The first-order chi connectivity index (χ1) is 10.2. The lowest BCUT2D eigenvalue weighted by Crippen LogP contribution is -2.13. The smallest absolute Gasteiger partial charge is 0.276 e. The van der Waals surface area contributed by atoms with Gasteiger partial charge >= 0.3 is 0 Å². The summed E-state index contributed by atoms with van der Waals surface area (Å²) in [5.41, 5.74) is 1.99. The van der Waals surface area contributed by atoms with E-state index in [0.29, 0.717) is 15.8 Å². The van der Waals surface area contributed by atoms with Crippen molar-refractivity contribution in [1.29, 1.82) is 0 Å². The Bertz CT molecular complexity index is 800. The van der Waals surface area contributed by atoms with E-state index in [4.69, 9.17) is 11.6 Å². The molecule has 106 valence electrons. The van der Waals surface area contributed by atoms with Crippen LogP contribution >= 0.6 is 22.9 Å². The Morgan fingerprint density at radius 2 is 2.14 bits per heavy atom. The maximum absolute atomic E-state index is 12.1. The van der Waals surface area contributed by atoms with Gasteiger partial charge in [-0.2, -0.15) is 0 Å². The van der Waals surface area contributed by atoms with Crippen LogP contribution in [0.15, 0.2) is 36.5 Å². The fraction of sp³-hybridized carbons (Fsp3) is 0.0714. The highest BCUT2D eigenvalue weighted by molar-refractivity contribution is 7.22. The van der Waals surface area contributed by atoms with Crippen molar-refractivity contribution < 1.29 is 4.79 Å². The number of benzene rings is 1. The molecule has 2 heterocycles. The minimum absolute atomic E-state index is 0.289. The molecule has 3 rings (SSSR count). The molecule has 2 aromatic heterocycles. The fourth-order valence-electron chi connectivity index (χ4n) is 1.79. The quantitative estimate of drug-likeness (QED) is 0.773. The van der Waals surface area contributed by atoms with Crippen molar-refractivity contribution in [2.45, 2.75) is 0 Å². The lowest BCUT2D eigenvalue weighted by atomic mass is 10.3. The second-order valence-corrected chi connectivity index (χ2v) is 5.73. The van der Waals surface area contributed by atoms with Crippen LogP contribution in [0.25, 0.3) is 10.2 Å². The average molecular weight is 319 g/mol. The van der Waals surface area contributed by atoms with E-state index in [1.54, 1.807) is 31.4 Å². The van der Waals surface area contributed by atoms with Gasteiger partial charge in [0.25, 0.3) is 5.91 Å². The van der Waals surface area contributed by atoms with Crippen molar-refractivity contribution in [3.05, 3.63) is 47.2 Å². The van der Waals surface area contributed by atoms with E-state index in [-0.39, 0.29) is 5.91 Å². The van der Waals surface area contributed by atoms with E-state index in [2.05, 4.69) is 20.6 Å². The number of pyridine rings is 1. The van der Waals surface area contributed by atoms with Gasteiger partial charge in [0.15, 0.2) is 5.13 Å². The van der Waals surface area contributed by atoms with Crippen LogP contribution in [0.2, 0.25) is 5.02 Å². The zero-order valence-corrected chi connectivity index (χ0v) is 12.6. The number of fused-ring (bicyclic) bond motifs is 1. The summed E-state index contributed by atoms with van der Waals surface area (Å²) in [6.07, 6.45) is 1.60. The molecular formula is C14H11ClN4OS. The van der Waals surface area contributed by atoms with Gasteiger partial charge < -0.3 is 5.32 Å². The average Bonchev–Trinajstić information content (AvgIpc) is 2.88. The number of rotatable bonds is 3. The molecule has 0 spiro atoms. The number of halogens is 1. The molecule has 7 heteroatoms. The molecule has 21 heavy (non-hydrogen) atoms. The molecule has 0 radical (unpaired) electrons. The summed E-state index contributed by atoms with van der Waals surface area (Å²) in [7, 11) is 1.79. The summed E-state index contributed by atoms with van der Waals surface area (Å²) in [5.74, 6) is -0.289. The van der Waals surface area contributed by atoms with Crippen molar-refractivity contribution in [2.24, 2.45) is 0 Å². The first kappa shape index (κ1) is 13.8. The van der Waals surface area contributed by atoms with Crippen LogP contribution in [0, 0.1) is 0 Å². The van der Waals surface area contributed by atoms with E-state index in [0.717, 1.165) is 15.9 Å². The molecule has 0 aliphatic rings. The highest BCUT2D eigenvalue weighted by atomic mass is 35.5. The Balaban J connectivity index is 1.81. The summed E-state index contributed by atoms with van der Waals surface area (Å²) in [6, 6.07) is 8.87. The van der Waals surface area contributed by atoms with Crippen LogP contribution in [-0.2, 0) is 0 Å². The standard InChI is InChI=1S/C14H11ClN4OS/c1-16-9-3-5-11(17-7-9)13(20)19-14-18-10-4-2-8(15)6-12(10)21-14/h2-7,16H,1H3,(H,18,19,20). The molecule has 3 aromatic rings. The highest BCUT2D eigenvalue weighted by Crippen LogP contribution is 2.28. The van der Waals surface area contributed by atoms with Gasteiger partial charge in [-0.1, -0.05) is 22.9 Å². The normalized spacial score (nSPS) is 10.6. The SMILES string of the molecule is CNc1ccc(C(=O)Nc2nc3ccc(Cl)cc3s2)nc1. The van der Waals surface area contributed by atoms with Gasteiger partial charge in [0, 0.05) is 12.1 Å². The van der Waals surface area contributed by atoms with Crippen molar-refractivity contribution in [2.75, 3.05) is 17.7 Å². The van der Waals surface area contributed by atoms with Gasteiger partial charge in [-0.3, -0.25) is 10.1 Å². The summed E-state index contributed by atoms with van der Waals surface area (Å²) in [4.78, 5) is 20.5. The van der Waals surface area contributed by atoms with Crippen molar-refractivity contribution in [3.63, 3.8) is 0 Å². The van der Waals surface area contributed by atoms with Crippen molar-refractivity contribution >= 4 is 49.9 Å². The number of hydrogen-bond donors (Lipinski definition) is 2. The number of anilines is 2. The molecule has 0 fully saturated rings. The van der Waals surface area contributed by atoms with Crippen LogP contribution < -0.4 is 10.6 Å². The molecule has 2 N–H and O–H groups in total. The van der Waals surface area contributed by atoms with E-state index >= 15 is 0 Å². The van der Waals surface area contributed by atoms with Crippen LogP contribution in [-0.4, -0.2) is 22.9 Å². The third kappa shape index (κ3) is 2.96. The molecule has 0 bridgehead atoms. The van der Waals surface area contributed by atoms with Gasteiger partial charge in [-0.25, -0.2) is 9.97 Å². The lowest BCUT2D eigenvalue weighted by Gasteiger charge is -2.02. The highest BCUT2D eigenvalue weighted by Gasteiger charge is 2.11. The van der Waals surface area contributed by atoms with Crippen molar-refractivity contribution in [1.82, 2.24) is 9.97 Å². The van der Waals surface area contributed by atoms with Gasteiger partial charge in [-0.05, 0) is 30.3 Å². The Labute approximate surface area is 130 Å². The Morgan fingerprint density at radius 1 is 1.29 bits per heavy atom. The number of amides is 1. The number of aromatic nitrogens is 2. The number of nitrogens with zero attached hydrogens (tertiary/aromatic N) is 2. The van der Waals surface area contributed by atoms with Crippen LogP contribution in [0.1, 0.15) is 10.5 Å². The Morgan fingerprint density at radius 3 is 2.86 bits per heavy atom. The third-order valence-corrected chi connectivity index (χ3v) is 4.02. The molecule has 0 aliphatic heterocycles. The van der Waals surface area contributed by atoms with E-state index in [9.17, 15) is 4.79 Å². The van der Waals surface area contributed by atoms with Gasteiger partial charge in [-0.15, -0.1) is 0 Å². The predicted molar refractivity (Wildman–Crippen MR) is 86.4 cm³/mol. The van der Waals surface area contributed by atoms with Gasteiger partial charge in [0.05, 0.1) is 22.1 Å². The molecule has 1 amide bonds. The van der Waals surface area contributed by atoms with Crippen LogP contribution in [0.4, 0.5) is 10.8 Å². The zero-order chi connectivity index (χ0) is 14.8. The maximum Gasteiger partial charge on any atom is 0.276 e. The number of hydrogen-bond acceptors (Lipinski definition) is 5. The Kier molecular flexibility index (Phi) is 3.72. The van der Waals surface area contributed by atoms with Crippen LogP contribution in [0.5, 0.6) is 0 Å². The van der Waals surface area contributed by atoms with Gasteiger partial charge in [0.1, 0.15) is 5.69 Å². The minimum atomic E-state index is -0.289. The molecule has 1 aromatic carbocycles. The summed E-state index contributed by atoms with van der Waals surface area (Å²) in [5, 5.41) is 6.87. The molecule has 0 unspecified atom stereocenters. The largest absolute Gasteiger partial charge is 0.387 e. The second kappa shape index (κ2) is 5.67. The number of nitrogens with one attached hydrogen (secondary N) is 2. The minimum Gasteiger partial charge on any atom is -0.387 e. The predicted octanol–water partition coefficient (Wildman–Crippen LogP) is 3.64. The molecule has 0 aliphatic carbocycles. The topological polar surface area (TPSA) is 66.9 Å². The summed E-state index contributed by atoms with van der Waals surface area (Å²) < 4.78 is 0.927. The molecule has 0 atom stereocenters. The number of carbonyl (C=O) groups excluding carboxylic acids is 1. The summed E-state index contributed by atoms with van der Waals surface area (Å²) in [6.45, 7) is 0. The van der Waals surface area contributed by atoms with E-state index < -0.39 is 0 Å². The number of thiazole rings is 1. The molecule has 0 saturated carbocycles. The lowest BCUT2D eigenvalue weighted by molar-refractivity contribution is 0.102. The van der Waals surface area contributed by atoms with Gasteiger partial charge in [0.2, 0.25) is 0 Å².